The molecule has 3 heterocycles. The van der Waals surface area contributed by atoms with E-state index in [0.29, 0.717) is 49.4 Å². The van der Waals surface area contributed by atoms with Crippen LogP contribution in [-0.2, 0) is 0 Å². The zero-order valence-electron chi connectivity index (χ0n) is 16.9. The number of nitrogens with zero attached hydrogens (tertiary/aromatic N) is 3. The lowest BCUT2D eigenvalue weighted by molar-refractivity contribution is 0.0694. The summed E-state index contributed by atoms with van der Waals surface area (Å²) in [4.78, 5) is 27.6. The topological polar surface area (TPSA) is 75.0 Å². The number of pyridine rings is 1. The molecule has 1 aromatic carbocycles. The number of carboxylic acids is 1. The molecule has 0 aliphatic carbocycles. The molecule has 132 valence electrons. The van der Waals surface area contributed by atoms with E-state index in [9.17, 15) is 14.7 Å². The van der Waals surface area contributed by atoms with Crippen LogP contribution in [0.25, 0.3) is 10.9 Å². The third-order valence-electron chi connectivity index (χ3n) is 4.92. The lowest BCUT2D eigenvalue weighted by Gasteiger charge is -2.36. The van der Waals surface area contributed by atoms with Gasteiger partial charge in [0.15, 0.2) is 5.75 Å². The average molecular weight is 346 g/mol. The Labute approximate surface area is 149 Å². The van der Waals surface area contributed by atoms with Crippen LogP contribution in [0.15, 0.2) is 23.1 Å². The molecule has 0 bridgehead atoms. The minimum absolute atomic E-state index is 0.114. The molecule has 7 heteroatoms. The highest BCUT2D eigenvalue weighted by Gasteiger charge is 2.28. The van der Waals surface area contributed by atoms with Gasteiger partial charge in [0.1, 0.15) is 12.2 Å². The van der Waals surface area contributed by atoms with E-state index >= 15 is 0 Å². The third-order valence-corrected chi connectivity index (χ3v) is 4.92. The number of ether oxygens (including phenoxy) is 1. The van der Waals surface area contributed by atoms with Crippen LogP contribution < -0.4 is 15.1 Å². The number of hydrogen-bond donors (Lipinski definition) is 1. The molecule has 1 N–H and O–H groups in total. The van der Waals surface area contributed by atoms with Gasteiger partial charge in [0.2, 0.25) is 5.43 Å². The van der Waals surface area contributed by atoms with Crippen molar-refractivity contribution in [3.63, 3.8) is 0 Å². The smallest absolute Gasteiger partial charge is 0.341 e. The van der Waals surface area contributed by atoms with Crippen molar-refractivity contribution >= 4 is 22.6 Å². The molecule has 0 unspecified atom stereocenters. The number of carboxylic acid groups (broad SMARTS) is 1. The van der Waals surface area contributed by atoms with Gasteiger partial charge in [-0.05, 0) is 26.0 Å². The zero-order chi connectivity index (χ0) is 20.2. The number of carbonyl (C=O) groups is 1. The van der Waals surface area contributed by atoms with Gasteiger partial charge in [-0.2, -0.15) is 0 Å². The molecule has 2 aliphatic heterocycles. The molecular formula is C18H21N3O4. The Morgan fingerprint density at radius 2 is 2.08 bits per heavy atom. The van der Waals surface area contributed by atoms with Crippen molar-refractivity contribution in [1.82, 2.24) is 9.47 Å². The second kappa shape index (κ2) is 5.77. The Morgan fingerprint density at radius 3 is 2.76 bits per heavy atom. The quantitative estimate of drug-likeness (QED) is 0.886. The number of hydrogen-bond acceptors (Lipinski definition) is 5. The van der Waals surface area contributed by atoms with E-state index in [1.54, 1.807) is 16.7 Å². The predicted octanol–water partition coefficient (Wildman–Crippen LogP) is 1.40. The molecule has 0 spiro atoms. The molecule has 4 rings (SSSR count). The van der Waals surface area contributed by atoms with Gasteiger partial charge in [0, 0.05) is 36.5 Å². The zero-order valence-corrected chi connectivity index (χ0v) is 13.9. The van der Waals surface area contributed by atoms with Gasteiger partial charge in [-0.1, -0.05) is 0 Å². The fraction of sp³-hybridized carbons (Fsp3) is 0.444. The summed E-state index contributed by atoms with van der Waals surface area (Å²) in [6.45, 7) is 1.99. The summed E-state index contributed by atoms with van der Waals surface area (Å²) in [5.41, 5.74) is 0.591. The van der Waals surface area contributed by atoms with Crippen molar-refractivity contribution in [2.75, 3.05) is 44.7 Å². The minimum Gasteiger partial charge on any atom is -0.487 e. The van der Waals surface area contributed by atoms with E-state index < -0.39 is 18.4 Å². The average Bonchev–Trinajstić information content (AvgIpc) is 2.65. The summed E-state index contributed by atoms with van der Waals surface area (Å²) in [5, 5.41) is 9.68. The van der Waals surface area contributed by atoms with E-state index in [0.717, 1.165) is 5.69 Å². The Morgan fingerprint density at radius 1 is 1.32 bits per heavy atom. The summed E-state index contributed by atoms with van der Waals surface area (Å²) in [6.07, 6.45) is 1.39. The molecule has 1 saturated heterocycles. The predicted molar refractivity (Wildman–Crippen MR) is 95.1 cm³/mol. The van der Waals surface area contributed by atoms with Crippen LogP contribution >= 0.6 is 0 Å². The second-order valence-corrected chi connectivity index (χ2v) is 6.53. The Kier molecular flexibility index (Phi) is 2.95. The molecule has 7 nitrogen and oxygen atoms in total. The number of anilines is 1. The lowest BCUT2D eigenvalue weighted by Crippen LogP contribution is -2.44. The number of piperazine rings is 1. The lowest BCUT2D eigenvalue weighted by atomic mass is 10.1. The van der Waals surface area contributed by atoms with E-state index in [-0.39, 0.29) is 11.6 Å². The van der Waals surface area contributed by atoms with Crippen molar-refractivity contribution in [2.45, 2.75) is 13.0 Å². The molecular weight excluding hydrogens is 322 g/mol. The number of aromatic nitrogens is 1. The minimum atomic E-state index is -2.11. The first kappa shape index (κ1) is 12.8. The highest BCUT2D eigenvalue weighted by atomic mass is 16.5. The maximum Gasteiger partial charge on any atom is 0.341 e. The molecule has 0 saturated carbocycles. The normalized spacial score (nSPS) is 22.8. The number of aromatic carboxylic acids is 1. The van der Waals surface area contributed by atoms with E-state index in [1.165, 1.54) is 11.1 Å². The van der Waals surface area contributed by atoms with E-state index in [1.807, 2.05) is 11.8 Å². The highest BCUT2D eigenvalue weighted by Crippen LogP contribution is 2.40. The van der Waals surface area contributed by atoms with Gasteiger partial charge in [-0.25, -0.2) is 4.79 Å². The summed E-state index contributed by atoms with van der Waals surface area (Å²) < 4.78 is 30.4. The standard InChI is InChI=1S/C18H21N3O4/c1-11-10-25-17-14(20-7-5-19(2)6-8-20)4-3-12-15(17)21(11)9-13(16(12)22)18(23)24/h3-4,9,11H,5-8,10H2,1-2H3,(H,23,24)/t11-/m1/s1/i2D3. The van der Waals surface area contributed by atoms with Gasteiger partial charge in [0.25, 0.3) is 0 Å². The fourth-order valence-electron chi connectivity index (χ4n) is 3.53. The second-order valence-electron chi connectivity index (χ2n) is 6.53. The van der Waals surface area contributed by atoms with Crippen LogP contribution in [0, 0.1) is 0 Å². The summed E-state index contributed by atoms with van der Waals surface area (Å²) in [6, 6.07) is 3.28. The summed E-state index contributed by atoms with van der Waals surface area (Å²) in [5.74, 6) is -0.701. The van der Waals surface area contributed by atoms with Crippen LogP contribution in [0.2, 0.25) is 0 Å². The van der Waals surface area contributed by atoms with Crippen LogP contribution in [0.1, 0.15) is 27.4 Å². The molecule has 1 atom stereocenters. The van der Waals surface area contributed by atoms with Gasteiger partial charge >= 0.3 is 5.97 Å². The number of benzene rings is 1. The Bertz CT molecular complexity index is 1010. The molecule has 1 aromatic heterocycles. The van der Waals surface area contributed by atoms with Crippen LogP contribution in [0.3, 0.4) is 0 Å². The summed E-state index contributed by atoms with van der Waals surface area (Å²) in [7, 11) is 0. The van der Waals surface area contributed by atoms with Gasteiger partial charge in [0.05, 0.1) is 22.6 Å². The molecule has 1 fully saturated rings. The van der Waals surface area contributed by atoms with Gasteiger partial charge < -0.3 is 24.2 Å². The van der Waals surface area contributed by atoms with Crippen LogP contribution in [0.4, 0.5) is 5.69 Å². The van der Waals surface area contributed by atoms with Crippen molar-refractivity contribution in [3.05, 3.63) is 34.1 Å². The molecule has 0 amide bonds. The molecule has 2 aromatic rings. The monoisotopic (exact) mass is 346 g/mol. The maximum atomic E-state index is 12.6. The van der Waals surface area contributed by atoms with Gasteiger partial charge in [-0.3, -0.25) is 4.79 Å². The van der Waals surface area contributed by atoms with Crippen molar-refractivity contribution in [3.8, 4) is 5.75 Å². The first-order valence-corrected chi connectivity index (χ1v) is 8.26. The maximum absolute atomic E-state index is 12.6. The Balaban J connectivity index is 1.80. The number of likely N-dealkylation sites (N-methyl/N-ethyl adjacent to an activating group) is 1. The van der Waals surface area contributed by atoms with Crippen LogP contribution in [0.5, 0.6) is 5.75 Å². The molecule has 0 radical (unpaired) electrons. The largest absolute Gasteiger partial charge is 0.487 e. The summed E-state index contributed by atoms with van der Waals surface area (Å²) >= 11 is 0. The highest BCUT2D eigenvalue weighted by molar-refractivity contribution is 5.97. The molecule has 2 aliphatic rings. The fourth-order valence-corrected chi connectivity index (χ4v) is 3.53. The van der Waals surface area contributed by atoms with E-state index in [4.69, 9.17) is 8.85 Å². The molecule has 25 heavy (non-hydrogen) atoms. The Hall–Kier alpha value is -2.54. The van der Waals surface area contributed by atoms with Crippen molar-refractivity contribution in [1.29, 1.82) is 0 Å². The first-order valence-electron chi connectivity index (χ1n) is 9.76. The first-order chi connectivity index (χ1) is 13.2. The van der Waals surface area contributed by atoms with Crippen LogP contribution in [-0.4, -0.2) is 60.3 Å². The van der Waals surface area contributed by atoms with Gasteiger partial charge in [-0.15, -0.1) is 0 Å². The number of rotatable bonds is 2. The SMILES string of the molecule is [2H]C([2H])([2H])N1CCN(c2ccc3c(=O)c(C(=O)O)cn4c3c2OC[C@H]4C)CC1. The van der Waals surface area contributed by atoms with Crippen molar-refractivity contribution < 1.29 is 18.8 Å². The van der Waals surface area contributed by atoms with Crippen molar-refractivity contribution in [2.24, 2.45) is 0 Å². The third kappa shape index (κ3) is 2.46. The van der Waals surface area contributed by atoms with E-state index in [2.05, 4.69) is 0 Å².